The second-order valence-corrected chi connectivity index (χ2v) is 5.88. The van der Waals surface area contributed by atoms with Gasteiger partial charge in [0.2, 0.25) is 0 Å². The smallest absolute Gasteiger partial charge is 0.469 e. The van der Waals surface area contributed by atoms with Gasteiger partial charge in [-0.1, -0.05) is 4.90 Å². The minimum Gasteiger partial charge on any atom is -0.478 e. The van der Waals surface area contributed by atoms with Crippen molar-refractivity contribution in [1.29, 1.82) is 0 Å². The monoisotopic (exact) mass is 542 g/mol. The van der Waals surface area contributed by atoms with Crippen molar-refractivity contribution in [3.63, 3.8) is 0 Å². The van der Waals surface area contributed by atoms with Crippen LogP contribution in [0.3, 0.4) is 0 Å². The summed E-state index contributed by atoms with van der Waals surface area (Å²) in [6.07, 6.45) is -15.9. The molecule has 1 rings (SSSR count). The van der Waals surface area contributed by atoms with E-state index in [0.717, 1.165) is 0 Å². The summed E-state index contributed by atoms with van der Waals surface area (Å²) < 4.78 is 253. The van der Waals surface area contributed by atoms with Gasteiger partial charge in [-0.2, -0.15) is 79.0 Å². The minimum absolute atomic E-state index is 4.68. The first-order chi connectivity index (χ1) is 13.9. The summed E-state index contributed by atoms with van der Waals surface area (Å²) in [5.41, 5.74) is -7.98. The molecule has 1 atom stereocenters. The van der Waals surface area contributed by atoms with Crippen LogP contribution < -0.4 is 0 Å². The lowest BCUT2D eigenvalue weighted by Gasteiger charge is -2.45. The lowest BCUT2D eigenvalue weighted by Crippen LogP contribution is -2.78. The van der Waals surface area contributed by atoms with Crippen molar-refractivity contribution in [2.75, 3.05) is 0 Å². The molecular weight excluding hydrogens is 541 g/mol. The van der Waals surface area contributed by atoms with Crippen LogP contribution in [0, 0.1) is 0 Å². The van der Waals surface area contributed by atoms with Gasteiger partial charge in [0.25, 0.3) is 0 Å². The highest BCUT2D eigenvalue weighted by Gasteiger charge is 2.97. The van der Waals surface area contributed by atoms with Crippen molar-refractivity contribution >= 4 is 5.97 Å². The lowest BCUT2D eigenvalue weighted by molar-refractivity contribution is -0.480. The molecule has 0 aromatic heterocycles. The van der Waals surface area contributed by atoms with E-state index in [2.05, 4.69) is 0 Å². The molecule has 0 aromatic carbocycles. The molecule has 0 amide bonds. The quantitative estimate of drug-likeness (QED) is 0.400. The normalized spacial score (nSPS) is 27.5. The molecule has 1 fully saturated rings. The molecule has 0 saturated carbocycles. The maximum atomic E-state index is 13.9. The fourth-order valence-electron chi connectivity index (χ4n) is 2.33. The maximum absolute atomic E-state index is 13.9. The molecule has 1 saturated heterocycles. The number of halogens is 19. The first kappa shape index (κ1) is 29.1. The van der Waals surface area contributed by atoms with E-state index >= 15 is 0 Å². The largest absolute Gasteiger partial charge is 0.478 e. The van der Waals surface area contributed by atoms with Gasteiger partial charge in [-0.15, -0.1) is 4.90 Å². The molecule has 1 unspecified atom stereocenters. The number of nitrogens with zero attached hydrogens (tertiary/aromatic N) is 2. The second-order valence-electron chi connectivity index (χ2n) is 5.88. The van der Waals surface area contributed by atoms with Crippen molar-refractivity contribution in [3.05, 3.63) is 0 Å². The summed E-state index contributed by atoms with van der Waals surface area (Å²) in [7, 11) is 0. The van der Waals surface area contributed by atoms with Crippen molar-refractivity contribution in [2.45, 2.75) is 54.3 Å². The van der Waals surface area contributed by atoms with Crippen LogP contribution in [0.1, 0.15) is 0 Å². The Balaban J connectivity index is 4.33. The van der Waals surface area contributed by atoms with Crippen LogP contribution in [0.5, 0.6) is 0 Å². The number of hydrogen-bond donors (Lipinski definition) is 1. The zero-order valence-electron chi connectivity index (χ0n) is 13.9. The van der Waals surface area contributed by atoms with Gasteiger partial charge in [-0.05, 0) is 0 Å². The molecule has 0 aromatic rings. The number of aliphatic carboxylic acids is 1. The molecule has 1 N–H and O–H groups in total. The summed E-state index contributed by atoms with van der Waals surface area (Å²) >= 11 is 0. The fourth-order valence-corrected chi connectivity index (χ4v) is 2.33. The van der Waals surface area contributed by atoms with Gasteiger partial charge in [0.15, 0.2) is 0 Å². The molecule has 23 heteroatoms. The van der Waals surface area contributed by atoms with E-state index in [1.807, 2.05) is 0 Å². The Morgan fingerprint density at radius 2 is 0.879 bits per heavy atom. The Kier molecular flexibility index (Phi) is 6.00. The van der Waals surface area contributed by atoms with Crippen LogP contribution in [-0.4, -0.2) is 75.2 Å². The predicted octanol–water partition coefficient (Wildman–Crippen LogP) is 5.08. The first-order valence-corrected chi connectivity index (χ1v) is 6.86. The van der Waals surface area contributed by atoms with E-state index in [-0.39, 0.29) is 0 Å². The second kappa shape index (κ2) is 6.81. The molecule has 0 spiro atoms. The first-order valence-electron chi connectivity index (χ1n) is 6.86. The average molecular weight is 542 g/mol. The van der Waals surface area contributed by atoms with Gasteiger partial charge in [-0.25, -0.2) is 9.18 Å². The third-order valence-electron chi connectivity index (χ3n) is 3.87. The highest BCUT2D eigenvalue weighted by Crippen LogP contribution is 2.66. The number of hydrogen-bond acceptors (Lipinski definition) is 3. The predicted molar refractivity (Wildman–Crippen MR) is 56.9 cm³/mol. The Morgan fingerprint density at radius 1 is 0.576 bits per heavy atom. The van der Waals surface area contributed by atoms with Gasteiger partial charge in [-0.3, -0.25) is 0 Å². The van der Waals surface area contributed by atoms with E-state index in [1.54, 1.807) is 0 Å². The number of alkyl halides is 19. The molecule has 0 radical (unpaired) electrons. The van der Waals surface area contributed by atoms with Crippen LogP contribution >= 0.6 is 0 Å². The fraction of sp³-hybridized carbons (Fsp3) is 0.900. The van der Waals surface area contributed by atoms with Gasteiger partial charge >= 0.3 is 60.3 Å². The van der Waals surface area contributed by atoms with Crippen molar-refractivity contribution in [2.24, 2.45) is 0 Å². The number of carbonyl (C=O) groups is 1. The van der Waals surface area contributed by atoms with Crippen LogP contribution in [0.25, 0.3) is 0 Å². The van der Waals surface area contributed by atoms with Crippen LogP contribution in [0.4, 0.5) is 83.4 Å². The molecule has 1 heterocycles. The maximum Gasteiger partial charge on any atom is 0.469 e. The Hall–Kier alpha value is -1.94. The van der Waals surface area contributed by atoms with E-state index in [0.29, 0.717) is 0 Å². The highest BCUT2D eigenvalue weighted by atomic mass is 19.4. The van der Waals surface area contributed by atoms with E-state index in [9.17, 15) is 88.2 Å². The molecular formula is C10HF19N2O2. The molecule has 196 valence electrons. The Morgan fingerprint density at radius 3 is 1.15 bits per heavy atom. The molecule has 0 aliphatic carbocycles. The van der Waals surface area contributed by atoms with Crippen molar-refractivity contribution in [3.8, 4) is 0 Å². The third-order valence-corrected chi connectivity index (χ3v) is 3.87. The van der Waals surface area contributed by atoms with E-state index in [4.69, 9.17) is 5.11 Å². The van der Waals surface area contributed by atoms with Crippen LogP contribution in [-0.2, 0) is 4.79 Å². The zero-order chi connectivity index (χ0) is 27.2. The van der Waals surface area contributed by atoms with E-state index in [1.165, 1.54) is 0 Å². The molecule has 1 aliphatic rings. The summed E-state index contributed by atoms with van der Waals surface area (Å²) in [6.45, 7) is 0. The van der Waals surface area contributed by atoms with E-state index < -0.39 is 70.1 Å². The summed E-state index contributed by atoms with van der Waals surface area (Å²) in [5.74, 6) is -13.4. The standard InChI is InChI=1S/C10HF19N2O2/c11-2(1(32)33,4(14,15)16)5(17,18)30-6(19,20)3(12,13)7(21,22)31(10(27,28)29)9(25,26)8(30,23)24/h(H,32,33). The topological polar surface area (TPSA) is 43.8 Å². The lowest BCUT2D eigenvalue weighted by atomic mass is 10.00. The molecule has 0 bridgehead atoms. The molecule has 1 aliphatic heterocycles. The summed E-state index contributed by atoms with van der Waals surface area (Å²) in [5, 5.41) is 7.98. The van der Waals surface area contributed by atoms with Crippen LogP contribution in [0.15, 0.2) is 0 Å². The molecule has 4 nitrogen and oxygen atoms in total. The summed E-state index contributed by atoms with van der Waals surface area (Å²) in [4.78, 5) is 0.681. The number of carboxylic acids is 1. The molecule has 33 heavy (non-hydrogen) atoms. The van der Waals surface area contributed by atoms with Gasteiger partial charge in [0, 0.05) is 0 Å². The summed E-state index contributed by atoms with van der Waals surface area (Å²) in [6, 6.07) is -42.7. The van der Waals surface area contributed by atoms with Gasteiger partial charge in [0.05, 0.1) is 0 Å². The Labute approximate surface area is 165 Å². The van der Waals surface area contributed by atoms with Crippen molar-refractivity contribution < 1.29 is 93.3 Å². The van der Waals surface area contributed by atoms with Crippen molar-refractivity contribution in [1.82, 2.24) is 9.80 Å². The third kappa shape index (κ3) is 3.27. The number of rotatable bonds is 3. The zero-order valence-corrected chi connectivity index (χ0v) is 13.9. The SMILES string of the molecule is O=C(O)C(F)(C(F)(F)F)C(F)(F)N1C(F)(F)C(F)(F)N(C(F)(F)F)C(F)(F)C(F)(F)C1(F)F. The minimum atomic E-state index is -8.63. The highest BCUT2D eigenvalue weighted by molar-refractivity contribution is 5.80. The Bertz CT molecular complexity index is 799. The number of carboxylic acid groups (broad SMARTS) is 1. The van der Waals surface area contributed by atoms with Gasteiger partial charge < -0.3 is 5.11 Å². The average Bonchev–Trinajstić information content (AvgIpc) is 2.49. The van der Waals surface area contributed by atoms with Crippen LogP contribution in [0.2, 0.25) is 0 Å². The van der Waals surface area contributed by atoms with Gasteiger partial charge in [0.1, 0.15) is 0 Å².